The number of unbranched alkanes of at least 4 members (excludes halogenated alkanes) is 20. The van der Waals surface area contributed by atoms with Crippen LogP contribution in [0.5, 0.6) is 0 Å². The Bertz CT molecular complexity index is 1390. The molecule has 0 aliphatic rings. The minimum absolute atomic E-state index is 0.0171. The smallest absolute Gasteiger partial charge is 0.268 e. The molecule has 0 radical (unpaired) electrons. The summed E-state index contributed by atoms with van der Waals surface area (Å²) in [5.41, 5.74) is 0. The van der Waals surface area contributed by atoms with Gasteiger partial charge in [0.2, 0.25) is 5.91 Å². The standard InChI is InChI=1S/C57H101N2O6P/c1-6-8-10-12-14-16-18-20-22-24-26-28-29-31-33-35-37-39-41-43-45-47-49-51-57(61)58-55(54-65-66(62,63)64-53-52-59(3,4)5)56(60)50-48-46-44-42-40-38-36-34-32-30-27-25-23-21-19-17-15-13-11-9-7-2/h8,10,14,16,20,22,26,28,31,33,37,39,43,45,48,50,55-56,60H,6-7,9,11-13,15,17-19,21,23-25,27,29-30,32,34-36,38,40-42,44,46-47,49,51-54H2,1-5H3,(H-,58,61,62,63)/b10-8-,16-14-,22-20-,28-26-,33-31-,39-37-,45-43-,50-48+. The number of quaternary nitrogens is 1. The topological polar surface area (TPSA) is 108 Å². The second-order valence-corrected chi connectivity index (χ2v) is 20.3. The molecule has 3 atom stereocenters. The number of amides is 1. The molecule has 0 fully saturated rings. The summed E-state index contributed by atoms with van der Waals surface area (Å²) >= 11 is 0. The number of phosphoric ester groups is 1. The maximum atomic E-state index is 12.9. The monoisotopic (exact) mass is 941 g/mol. The average Bonchev–Trinajstić information content (AvgIpc) is 3.28. The quantitative estimate of drug-likeness (QED) is 0.0272. The van der Waals surface area contributed by atoms with Crippen molar-refractivity contribution in [2.45, 2.75) is 219 Å². The summed E-state index contributed by atoms with van der Waals surface area (Å²) in [4.78, 5) is 25.4. The molecular formula is C57H101N2O6P. The molecule has 2 N–H and O–H groups in total. The van der Waals surface area contributed by atoms with Crippen molar-refractivity contribution in [2.24, 2.45) is 0 Å². The number of nitrogens with zero attached hydrogens (tertiary/aromatic N) is 1. The van der Waals surface area contributed by atoms with Crippen LogP contribution in [0, 0.1) is 0 Å². The molecule has 0 saturated heterocycles. The number of aliphatic hydroxyl groups is 1. The lowest BCUT2D eigenvalue weighted by molar-refractivity contribution is -0.870. The predicted molar refractivity (Wildman–Crippen MR) is 283 cm³/mol. The summed E-state index contributed by atoms with van der Waals surface area (Å²) in [6, 6.07) is -0.924. The van der Waals surface area contributed by atoms with Crippen LogP contribution in [0.1, 0.15) is 206 Å². The summed E-state index contributed by atoms with van der Waals surface area (Å²) in [6.07, 6.45) is 67.6. The van der Waals surface area contributed by atoms with Gasteiger partial charge in [-0.2, -0.15) is 0 Å². The van der Waals surface area contributed by atoms with Crippen molar-refractivity contribution in [1.82, 2.24) is 5.32 Å². The molecule has 0 aromatic rings. The summed E-state index contributed by atoms with van der Waals surface area (Å²) in [5, 5.41) is 13.8. The number of carbonyl (C=O) groups excluding carboxylic acids is 1. The number of nitrogens with one attached hydrogen (secondary N) is 1. The van der Waals surface area contributed by atoms with Crippen LogP contribution in [0.25, 0.3) is 0 Å². The molecule has 0 aliphatic heterocycles. The van der Waals surface area contributed by atoms with Crippen molar-refractivity contribution in [3.8, 4) is 0 Å². The van der Waals surface area contributed by atoms with Gasteiger partial charge in [0, 0.05) is 6.42 Å². The highest BCUT2D eigenvalue weighted by Gasteiger charge is 2.23. The van der Waals surface area contributed by atoms with Gasteiger partial charge in [-0.15, -0.1) is 0 Å². The van der Waals surface area contributed by atoms with Gasteiger partial charge in [-0.05, 0) is 70.6 Å². The molecule has 0 aliphatic carbocycles. The number of hydrogen-bond acceptors (Lipinski definition) is 6. The van der Waals surface area contributed by atoms with E-state index in [9.17, 15) is 19.4 Å². The van der Waals surface area contributed by atoms with Crippen LogP contribution < -0.4 is 10.2 Å². The number of aliphatic hydroxyl groups excluding tert-OH is 1. The van der Waals surface area contributed by atoms with Crippen LogP contribution in [-0.2, 0) is 18.4 Å². The van der Waals surface area contributed by atoms with Crippen LogP contribution in [0.15, 0.2) is 97.2 Å². The fraction of sp³-hybridized carbons (Fsp3) is 0.702. The van der Waals surface area contributed by atoms with Gasteiger partial charge in [0.05, 0.1) is 39.9 Å². The van der Waals surface area contributed by atoms with E-state index in [2.05, 4.69) is 104 Å². The van der Waals surface area contributed by atoms with Crippen molar-refractivity contribution >= 4 is 13.7 Å². The first-order valence-electron chi connectivity index (χ1n) is 26.6. The number of carbonyl (C=O) groups is 1. The molecule has 0 saturated carbocycles. The SMILES string of the molecule is CC/C=C\C/C=C\C/C=C\C/C=C\C/C=C\C/C=C\C/C=C\CCCC(=O)NC(COP(=O)([O-])OCC[N+](C)(C)C)C(O)/C=C/CCCCCCCCCCCCCCCCCCCCC. The predicted octanol–water partition coefficient (Wildman–Crippen LogP) is 15.2. The summed E-state index contributed by atoms with van der Waals surface area (Å²) in [6.45, 7) is 4.49. The third kappa shape index (κ3) is 49.3. The lowest BCUT2D eigenvalue weighted by atomic mass is 10.0. The maximum Gasteiger partial charge on any atom is 0.268 e. The van der Waals surface area contributed by atoms with Crippen molar-refractivity contribution in [3.05, 3.63) is 97.2 Å². The first-order chi connectivity index (χ1) is 32.0. The molecule has 3 unspecified atom stereocenters. The molecule has 1 amide bonds. The van der Waals surface area contributed by atoms with E-state index in [4.69, 9.17) is 9.05 Å². The summed E-state index contributed by atoms with van der Waals surface area (Å²) in [7, 11) is 1.21. The van der Waals surface area contributed by atoms with E-state index >= 15 is 0 Å². The van der Waals surface area contributed by atoms with Gasteiger partial charge in [0.1, 0.15) is 13.2 Å². The van der Waals surface area contributed by atoms with Crippen molar-refractivity contribution < 1.29 is 32.9 Å². The van der Waals surface area contributed by atoms with E-state index in [1.807, 2.05) is 27.2 Å². The average molecular weight is 941 g/mol. The zero-order valence-corrected chi connectivity index (χ0v) is 44.0. The highest BCUT2D eigenvalue weighted by Crippen LogP contribution is 2.38. The number of allylic oxidation sites excluding steroid dienone is 15. The van der Waals surface area contributed by atoms with E-state index in [0.717, 1.165) is 70.6 Å². The third-order valence-corrected chi connectivity index (χ3v) is 12.3. The Morgan fingerprint density at radius 3 is 1.33 bits per heavy atom. The van der Waals surface area contributed by atoms with Gasteiger partial charge in [-0.1, -0.05) is 227 Å². The Morgan fingerprint density at radius 1 is 0.545 bits per heavy atom. The molecular weight excluding hydrogens is 840 g/mol. The fourth-order valence-electron chi connectivity index (χ4n) is 7.14. The lowest BCUT2D eigenvalue weighted by Gasteiger charge is -2.29. The molecule has 66 heavy (non-hydrogen) atoms. The molecule has 0 aromatic heterocycles. The Morgan fingerprint density at radius 2 is 0.924 bits per heavy atom. The van der Waals surface area contributed by atoms with Gasteiger partial charge < -0.3 is 28.8 Å². The minimum Gasteiger partial charge on any atom is -0.756 e. The summed E-state index contributed by atoms with van der Waals surface area (Å²) < 4.78 is 23.3. The fourth-order valence-corrected chi connectivity index (χ4v) is 7.86. The number of rotatable bonds is 47. The Hall–Kier alpha value is -2.58. The van der Waals surface area contributed by atoms with E-state index < -0.39 is 26.6 Å². The van der Waals surface area contributed by atoms with Crippen molar-refractivity contribution in [3.63, 3.8) is 0 Å². The van der Waals surface area contributed by atoms with Crippen molar-refractivity contribution in [1.29, 1.82) is 0 Å². The molecule has 9 heteroatoms. The molecule has 0 rings (SSSR count). The van der Waals surface area contributed by atoms with Gasteiger partial charge in [-0.25, -0.2) is 0 Å². The van der Waals surface area contributed by atoms with E-state index in [1.54, 1.807) is 6.08 Å². The van der Waals surface area contributed by atoms with E-state index in [0.29, 0.717) is 17.4 Å². The van der Waals surface area contributed by atoms with Gasteiger partial charge >= 0.3 is 0 Å². The van der Waals surface area contributed by atoms with Crippen LogP contribution in [0.2, 0.25) is 0 Å². The highest BCUT2D eigenvalue weighted by molar-refractivity contribution is 7.45. The molecule has 0 heterocycles. The molecule has 0 spiro atoms. The van der Waals surface area contributed by atoms with Crippen LogP contribution in [-0.4, -0.2) is 68.5 Å². The second kappa shape index (κ2) is 47.5. The van der Waals surface area contributed by atoms with E-state index in [1.165, 1.54) is 109 Å². The molecule has 380 valence electrons. The first kappa shape index (κ1) is 63.4. The van der Waals surface area contributed by atoms with Gasteiger partial charge in [-0.3, -0.25) is 9.36 Å². The lowest BCUT2D eigenvalue weighted by Crippen LogP contribution is -2.45. The zero-order valence-electron chi connectivity index (χ0n) is 43.1. The maximum absolute atomic E-state index is 12.9. The van der Waals surface area contributed by atoms with Crippen molar-refractivity contribution in [2.75, 3.05) is 40.9 Å². The molecule has 0 aromatic carbocycles. The third-order valence-electron chi connectivity index (χ3n) is 11.3. The molecule has 0 bridgehead atoms. The van der Waals surface area contributed by atoms with Crippen LogP contribution in [0.4, 0.5) is 0 Å². The van der Waals surface area contributed by atoms with Gasteiger partial charge in [0.15, 0.2) is 0 Å². The van der Waals surface area contributed by atoms with Crippen LogP contribution in [0.3, 0.4) is 0 Å². The van der Waals surface area contributed by atoms with Gasteiger partial charge in [0.25, 0.3) is 7.82 Å². The Balaban J connectivity index is 4.43. The zero-order chi connectivity index (χ0) is 48.5. The first-order valence-corrected chi connectivity index (χ1v) is 28.1. The number of phosphoric acid groups is 1. The Kier molecular flexibility index (Phi) is 45.6. The number of hydrogen-bond donors (Lipinski definition) is 2. The largest absolute Gasteiger partial charge is 0.756 e. The Labute approximate surface area is 407 Å². The molecule has 8 nitrogen and oxygen atoms in total. The summed E-state index contributed by atoms with van der Waals surface area (Å²) in [5.74, 6) is -0.258. The van der Waals surface area contributed by atoms with Crippen LogP contribution >= 0.6 is 7.82 Å². The minimum atomic E-state index is -4.62. The highest BCUT2D eigenvalue weighted by atomic mass is 31.2. The normalized spacial score (nSPS) is 14.8. The second-order valence-electron chi connectivity index (χ2n) is 18.9. The van der Waals surface area contributed by atoms with E-state index in [-0.39, 0.29) is 18.9 Å². The number of likely N-dealkylation sites (N-methyl/N-ethyl adjacent to an activating group) is 1.